The molecule has 4 atom stereocenters. The predicted molar refractivity (Wildman–Crippen MR) is 64.0 cm³/mol. The molecule has 3 nitrogen and oxygen atoms in total. The molecule has 0 amide bonds. The molecular weight excluding hydrogens is 210 g/mol. The van der Waals surface area contributed by atoms with Gasteiger partial charge in [0.15, 0.2) is 0 Å². The Morgan fingerprint density at radius 3 is 2.18 bits per heavy atom. The fraction of sp³-hybridized carbons (Fsp3) is 1.00. The van der Waals surface area contributed by atoms with Crippen LogP contribution in [-0.4, -0.2) is 5.54 Å². The maximum absolute atomic E-state index is 9.02. The highest BCUT2D eigenvalue weighted by molar-refractivity contribution is 5.22. The van der Waals surface area contributed by atoms with Gasteiger partial charge in [0.25, 0.3) is 0 Å². The molecule has 0 saturated heterocycles. The molecule has 7 aliphatic carbocycles. The minimum Gasteiger partial charge on any atom is -0.0867 e. The molecule has 0 unspecified atom stereocenters. The van der Waals surface area contributed by atoms with Crippen LogP contribution in [0.1, 0.15) is 38.5 Å². The molecule has 0 heterocycles. The van der Waals surface area contributed by atoms with Crippen molar-refractivity contribution in [1.29, 1.82) is 0 Å². The van der Waals surface area contributed by atoms with Gasteiger partial charge in [-0.25, -0.2) is 0 Å². The van der Waals surface area contributed by atoms with E-state index in [1.54, 1.807) is 0 Å². The Morgan fingerprint density at radius 1 is 0.882 bits per heavy atom. The summed E-state index contributed by atoms with van der Waals surface area (Å²) < 4.78 is 0. The van der Waals surface area contributed by atoms with Gasteiger partial charge < -0.3 is 0 Å². The largest absolute Gasteiger partial charge is 0.0867 e. The lowest BCUT2D eigenvalue weighted by molar-refractivity contribution is -0.214. The van der Waals surface area contributed by atoms with E-state index >= 15 is 0 Å². The summed E-state index contributed by atoms with van der Waals surface area (Å²) in [5.41, 5.74) is 9.10. The van der Waals surface area contributed by atoms with E-state index in [4.69, 9.17) is 5.53 Å². The summed E-state index contributed by atoms with van der Waals surface area (Å²) >= 11 is 0. The van der Waals surface area contributed by atoms with E-state index in [2.05, 4.69) is 10.0 Å². The Bertz CT molecular complexity index is 415. The van der Waals surface area contributed by atoms with Gasteiger partial charge in [-0.1, -0.05) is 5.11 Å². The van der Waals surface area contributed by atoms with Crippen molar-refractivity contribution < 1.29 is 0 Å². The monoisotopic (exact) mass is 229 g/mol. The summed E-state index contributed by atoms with van der Waals surface area (Å²) in [5.74, 6) is 6.32. The van der Waals surface area contributed by atoms with E-state index < -0.39 is 0 Å². The average molecular weight is 229 g/mol. The first-order valence-electron chi connectivity index (χ1n) is 7.38. The van der Waals surface area contributed by atoms with E-state index in [1.807, 2.05) is 0 Å². The third kappa shape index (κ3) is 0.855. The van der Waals surface area contributed by atoms with Crippen molar-refractivity contribution in [2.24, 2.45) is 46.5 Å². The molecule has 7 aliphatic rings. The van der Waals surface area contributed by atoms with Crippen molar-refractivity contribution in [3.8, 4) is 0 Å². The molecule has 7 saturated carbocycles. The molecular formula is C14H19N3. The molecule has 17 heavy (non-hydrogen) atoms. The lowest BCUT2D eigenvalue weighted by Gasteiger charge is -2.73. The minimum absolute atomic E-state index is 0.0820. The molecule has 0 N–H and O–H groups in total. The van der Waals surface area contributed by atoms with E-state index in [-0.39, 0.29) is 5.54 Å². The number of nitrogens with zero attached hydrogens (tertiary/aromatic N) is 3. The highest BCUT2D eigenvalue weighted by atomic mass is 15.2. The number of hydrogen-bond acceptors (Lipinski definition) is 1. The summed E-state index contributed by atoms with van der Waals surface area (Å²) in [6, 6.07) is 0. The van der Waals surface area contributed by atoms with Crippen molar-refractivity contribution in [2.75, 3.05) is 0 Å². The van der Waals surface area contributed by atoms with Crippen LogP contribution in [-0.2, 0) is 0 Å². The van der Waals surface area contributed by atoms with Crippen molar-refractivity contribution in [2.45, 2.75) is 44.1 Å². The van der Waals surface area contributed by atoms with Crippen LogP contribution >= 0.6 is 0 Å². The SMILES string of the molecule is [N-]=[N+]=NC12CC3C[C@H]4C5CC(C[C@H]41)C[C@@H]2[C@H]5C3. The molecule has 90 valence electrons. The summed E-state index contributed by atoms with van der Waals surface area (Å²) in [6.07, 6.45) is 8.45. The standard InChI is InChI=1S/C14H19N3/c15-17-16-14-6-8-2-10-9-1-7(4-12(10)14)5-13(14)11(9)3-8/h7-13H,1-6H2/t7?,8?,9?,10-,11-,12+,13+,14?/m0/s1. The quantitative estimate of drug-likeness (QED) is 0.373. The van der Waals surface area contributed by atoms with Crippen LogP contribution in [0.4, 0.5) is 0 Å². The third-order valence-corrected chi connectivity index (χ3v) is 7.26. The van der Waals surface area contributed by atoms with Crippen molar-refractivity contribution >= 4 is 0 Å². The smallest absolute Gasteiger partial charge is 0.0552 e. The zero-order valence-corrected chi connectivity index (χ0v) is 10.1. The second kappa shape index (κ2) is 2.66. The molecule has 8 bridgehead atoms. The van der Waals surface area contributed by atoms with Gasteiger partial charge in [0, 0.05) is 4.91 Å². The third-order valence-electron chi connectivity index (χ3n) is 7.26. The van der Waals surface area contributed by atoms with Crippen LogP contribution in [0, 0.1) is 41.4 Å². The highest BCUT2D eigenvalue weighted by Gasteiger charge is 2.69. The molecule has 0 aliphatic heterocycles. The Labute approximate surface area is 102 Å². The molecule has 0 aromatic carbocycles. The maximum atomic E-state index is 9.02. The first kappa shape index (κ1) is 9.27. The molecule has 0 spiro atoms. The second-order valence-corrected chi connectivity index (χ2v) is 7.50. The molecule has 0 aromatic heterocycles. The Hall–Kier alpha value is -0.690. The first-order valence-corrected chi connectivity index (χ1v) is 7.38. The Balaban J connectivity index is 1.73. The van der Waals surface area contributed by atoms with Crippen LogP contribution in [0.2, 0.25) is 0 Å². The molecule has 7 fully saturated rings. The van der Waals surface area contributed by atoms with E-state index in [0.29, 0.717) is 0 Å². The second-order valence-electron chi connectivity index (χ2n) is 7.50. The minimum atomic E-state index is 0.0820. The molecule has 0 radical (unpaired) electrons. The van der Waals surface area contributed by atoms with Gasteiger partial charge in [-0.05, 0) is 85.5 Å². The average Bonchev–Trinajstić information content (AvgIpc) is 2.35. The van der Waals surface area contributed by atoms with Crippen LogP contribution in [0.5, 0.6) is 0 Å². The predicted octanol–water partition coefficient (Wildman–Crippen LogP) is 3.76. The zero-order chi connectivity index (χ0) is 11.2. The van der Waals surface area contributed by atoms with E-state index in [9.17, 15) is 0 Å². The topological polar surface area (TPSA) is 48.8 Å². The van der Waals surface area contributed by atoms with E-state index in [0.717, 1.165) is 41.4 Å². The van der Waals surface area contributed by atoms with Gasteiger partial charge in [0.1, 0.15) is 0 Å². The molecule has 3 heteroatoms. The first-order chi connectivity index (χ1) is 8.32. The van der Waals surface area contributed by atoms with Crippen LogP contribution in [0.3, 0.4) is 0 Å². The lowest BCUT2D eigenvalue weighted by atomic mass is 9.33. The van der Waals surface area contributed by atoms with Crippen LogP contribution < -0.4 is 0 Å². The van der Waals surface area contributed by atoms with Crippen molar-refractivity contribution in [3.63, 3.8) is 0 Å². The van der Waals surface area contributed by atoms with Gasteiger partial charge in [-0.2, -0.15) is 0 Å². The Morgan fingerprint density at radius 2 is 1.53 bits per heavy atom. The molecule has 0 aromatic rings. The van der Waals surface area contributed by atoms with Gasteiger partial charge in [0.2, 0.25) is 0 Å². The normalized spacial score (nSPS) is 65.1. The van der Waals surface area contributed by atoms with Gasteiger partial charge in [-0.15, -0.1) is 0 Å². The maximum Gasteiger partial charge on any atom is 0.0552 e. The van der Waals surface area contributed by atoms with Crippen LogP contribution in [0.25, 0.3) is 10.4 Å². The van der Waals surface area contributed by atoms with Gasteiger partial charge in [0.05, 0.1) is 5.54 Å². The summed E-state index contributed by atoms with van der Waals surface area (Å²) in [7, 11) is 0. The zero-order valence-electron chi connectivity index (χ0n) is 10.1. The lowest BCUT2D eigenvalue weighted by Crippen LogP contribution is -2.70. The van der Waals surface area contributed by atoms with Gasteiger partial charge >= 0.3 is 0 Å². The Kier molecular flexibility index (Phi) is 1.45. The summed E-state index contributed by atoms with van der Waals surface area (Å²) in [6.45, 7) is 0. The van der Waals surface area contributed by atoms with Crippen molar-refractivity contribution in [3.05, 3.63) is 10.4 Å². The van der Waals surface area contributed by atoms with E-state index in [1.165, 1.54) is 38.5 Å². The fourth-order valence-corrected chi connectivity index (χ4v) is 7.18. The van der Waals surface area contributed by atoms with Crippen molar-refractivity contribution in [1.82, 2.24) is 0 Å². The number of hydrogen-bond donors (Lipinski definition) is 0. The number of azide groups is 1. The number of rotatable bonds is 1. The van der Waals surface area contributed by atoms with Gasteiger partial charge in [-0.3, -0.25) is 0 Å². The fourth-order valence-electron chi connectivity index (χ4n) is 7.18. The summed E-state index contributed by atoms with van der Waals surface area (Å²) in [4.78, 5) is 3.27. The summed E-state index contributed by atoms with van der Waals surface area (Å²) in [5, 5.41) is 4.44. The van der Waals surface area contributed by atoms with Crippen LogP contribution in [0.15, 0.2) is 5.11 Å². The highest BCUT2D eigenvalue weighted by Crippen LogP contribution is 2.73. The molecule has 7 rings (SSSR count).